The molecule has 0 radical (unpaired) electrons. The van der Waals surface area contributed by atoms with Gasteiger partial charge in [-0.25, -0.2) is 19.3 Å². The topological polar surface area (TPSA) is 89.3 Å². The second kappa shape index (κ2) is 4.20. The predicted octanol–water partition coefficient (Wildman–Crippen LogP) is 0.748. The quantitative estimate of drug-likeness (QED) is 0.685. The first kappa shape index (κ1) is 11.4. The lowest BCUT2D eigenvalue weighted by atomic mass is 10.3. The van der Waals surface area contributed by atoms with Gasteiger partial charge in [-0.1, -0.05) is 12.1 Å². The highest BCUT2D eigenvalue weighted by molar-refractivity contribution is 5.87. The highest BCUT2D eigenvalue weighted by atomic mass is 16.5. The Bertz CT molecular complexity index is 834. The van der Waals surface area contributed by atoms with Crippen molar-refractivity contribution in [1.29, 1.82) is 0 Å². The molecule has 0 aliphatic heterocycles. The maximum Gasteiger partial charge on any atom is 0.364 e. The Kier molecular flexibility index (Phi) is 2.52. The molecule has 0 saturated carbocycles. The van der Waals surface area contributed by atoms with E-state index in [2.05, 4.69) is 15.2 Å². The second-order valence-corrected chi connectivity index (χ2v) is 3.86. The molecule has 96 valence electrons. The number of carbonyl (C=O) groups excluding carboxylic acids is 1. The van der Waals surface area contributed by atoms with Gasteiger partial charge in [0.15, 0.2) is 0 Å². The van der Waals surface area contributed by atoms with Crippen LogP contribution in [0.4, 0.5) is 0 Å². The van der Waals surface area contributed by atoms with Crippen molar-refractivity contribution in [1.82, 2.24) is 19.6 Å². The number of aromatic nitrogens is 4. The van der Waals surface area contributed by atoms with E-state index in [1.165, 1.54) is 4.40 Å². The van der Waals surface area contributed by atoms with Crippen LogP contribution in [0.25, 0.3) is 16.8 Å². The van der Waals surface area contributed by atoms with E-state index < -0.39 is 11.5 Å². The summed E-state index contributed by atoms with van der Waals surface area (Å²) in [5, 5.41) is 6.31. The van der Waals surface area contributed by atoms with Crippen LogP contribution in [0.15, 0.2) is 29.1 Å². The zero-order chi connectivity index (χ0) is 13.4. The first-order valence-electron chi connectivity index (χ1n) is 5.75. The van der Waals surface area contributed by atoms with Crippen LogP contribution >= 0.6 is 0 Å². The van der Waals surface area contributed by atoms with Crippen molar-refractivity contribution in [3.05, 3.63) is 40.3 Å². The monoisotopic (exact) mass is 258 g/mol. The molecule has 0 spiro atoms. The minimum absolute atomic E-state index is 0.183. The van der Waals surface area contributed by atoms with Gasteiger partial charge in [0, 0.05) is 0 Å². The summed E-state index contributed by atoms with van der Waals surface area (Å²) < 4.78 is 6.11. The molecule has 0 unspecified atom stereocenters. The maximum absolute atomic E-state index is 12.3. The Morgan fingerprint density at radius 2 is 2.21 bits per heavy atom. The largest absolute Gasteiger partial charge is 0.461 e. The van der Waals surface area contributed by atoms with Crippen molar-refractivity contribution in [2.24, 2.45) is 0 Å². The lowest BCUT2D eigenvalue weighted by molar-refractivity contribution is 0.0515. The standard InChI is InChI=1S/C12H10N4O3/c1-2-19-11(18)9-10(17)16-8-6-4-3-5-7(8)13-12(16)15-14-9/h3-6H,2H2,1H3,(H,13,15). The van der Waals surface area contributed by atoms with Crippen LogP contribution in [0.3, 0.4) is 0 Å². The molecule has 1 N–H and O–H groups in total. The van der Waals surface area contributed by atoms with E-state index in [-0.39, 0.29) is 12.3 Å². The molecule has 7 nitrogen and oxygen atoms in total. The average Bonchev–Trinajstić information content (AvgIpc) is 2.78. The lowest BCUT2D eigenvalue weighted by Crippen LogP contribution is -2.26. The van der Waals surface area contributed by atoms with E-state index >= 15 is 0 Å². The van der Waals surface area contributed by atoms with Crippen molar-refractivity contribution in [2.75, 3.05) is 6.61 Å². The number of imidazole rings is 1. The third-order valence-corrected chi connectivity index (χ3v) is 2.70. The molecule has 0 atom stereocenters. The fraction of sp³-hybridized carbons (Fsp3) is 0.167. The van der Waals surface area contributed by atoms with Gasteiger partial charge in [-0.05, 0) is 19.1 Å². The number of fused-ring (bicyclic) bond motifs is 3. The molecular formula is C12H10N4O3. The van der Waals surface area contributed by atoms with Crippen molar-refractivity contribution in [3.8, 4) is 0 Å². The third-order valence-electron chi connectivity index (χ3n) is 2.70. The number of hydrogen-bond donors (Lipinski definition) is 1. The summed E-state index contributed by atoms with van der Waals surface area (Å²) in [4.78, 5) is 28.1. The number of rotatable bonds is 2. The van der Waals surface area contributed by atoms with Gasteiger partial charge in [0.05, 0.1) is 17.6 Å². The van der Waals surface area contributed by atoms with Gasteiger partial charge < -0.3 is 4.74 Å². The normalized spacial score (nSPS) is 11.0. The molecule has 1 aromatic carbocycles. The number of hydrogen-bond acceptors (Lipinski definition) is 5. The van der Waals surface area contributed by atoms with Crippen LogP contribution < -0.4 is 5.56 Å². The molecule has 0 bridgehead atoms. The maximum atomic E-state index is 12.3. The second-order valence-electron chi connectivity index (χ2n) is 3.86. The summed E-state index contributed by atoms with van der Waals surface area (Å²) in [5.41, 5.74) is 0.448. The van der Waals surface area contributed by atoms with Gasteiger partial charge in [0.25, 0.3) is 5.56 Å². The minimum atomic E-state index is -0.747. The Balaban J connectivity index is 2.34. The van der Waals surface area contributed by atoms with Crippen molar-refractivity contribution < 1.29 is 9.53 Å². The van der Waals surface area contributed by atoms with Crippen LogP contribution in [0, 0.1) is 0 Å². The Labute approximate surface area is 106 Å². The predicted molar refractivity (Wildman–Crippen MR) is 67.1 cm³/mol. The molecule has 2 aromatic heterocycles. The smallest absolute Gasteiger partial charge is 0.364 e. The van der Waals surface area contributed by atoms with Crippen LogP contribution in [0.5, 0.6) is 0 Å². The Morgan fingerprint density at radius 3 is 3.00 bits per heavy atom. The van der Waals surface area contributed by atoms with E-state index in [1.54, 1.807) is 25.1 Å². The molecule has 0 amide bonds. The van der Waals surface area contributed by atoms with Gasteiger partial charge in [-0.3, -0.25) is 4.79 Å². The highest BCUT2D eigenvalue weighted by Gasteiger charge is 2.18. The molecule has 3 rings (SSSR count). The number of nitrogens with zero attached hydrogens (tertiary/aromatic N) is 3. The van der Waals surface area contributed by atoms with E-state index in [0.717, 1.165) is 0 Å². The first-order chi connectivity index (χ1) is 9.22. The van der Waals surface area contributed by atoms with Crippen LogP contribution in [0.2, 0.25) is 0 Å². The van der Waals surface area contributed by atoms with E-state index in [1.807, 2.05) is 6.07 Å². The number of carbonyl (C=O) groups is 1. The fourth-order valence-corrected chi connectivity index (χ4v) is 1.90. The van der Waals surface area contributed by atoms with Gasteiger partial charge in [0.1, 0.15) is 0 Å². The van der Waals surface area contributed by atoms with Crippen LogP contribution in [0.1, 0.15) is 17.4 Å². The zero-order valence-electron chi connectivity index (χ0n) is 10.1. The summed E-state index contributed by atoms with van der Waals surface area (Å²) in [6.45, 7) is 1.85. The number of ether oxygens (including phenoxy) is 1. The third kappa shape index (κ3) is 1.67. The number of aromatic amines is 1. The molecule has 19 heavy (non-hydrogen) atoms. The number of benzene rings is 1. The lowest BCUT2D eigenvalue weighted by Gasteiger charge is -2.00. The summed E-state index contributed by atoms with van der Waals surface area (Å²) in [6.07, 6.45) is 0. The Hall–Kier alpha value is -2.70. The average molecular weight is 258 g/mol. The minimum Gasteiger partial charge on any atom is -0.461 e. The fourth-order valence-electron chi connectivity index (χ4n) is 1.90. The van der Waals surface area contributed by atoms with Gasteiger partial charge >= 0.3 is 5.97 Å². The zero-order valence-corrected chi connectivity index (χ0v) is 10.1. The van der Waals surface area contributed by atoms with Crippen LogP contribution in [-0.4, -0.2) is 32.2 Å². The molecule has 0 aliphatic carbocycles. The molecule has 0 saturated heterocycles. The van der Waals surface area contributed by atoms with Crippen molar-refractivity contribution >= 4 is 22.8 Å². The summed E-state index contributed by atoms with van der Waals surface area (Å²) in [7, 11) is 0. The van der Waals surface area contributed by atoms with Gasteiger partial charge in [-0.15, -0.1) is 0 Å². The molecule has 0 fully saturated rings. The number of para-hydroxylation sites is 2. The summed E-state index contributed by atoms with van der Waals surface area (Å²) in [5.74, 6) is -0.456. The molecule has 7 heteroatoms. The SMILES string of the molecule is CCOC(=O)c1n[nH]c2nc3ccccc3n2c1=O. The Morgan fingerprint density at radius 1 is 1.42 bits per heavy atom. The van der Waals surface area contributed by atoms with E-state index in [0.29, 0.717) is 16.8 Å². The van der Waals surface area contributed by atoms with E-state index in [4.69, 9.17) is 4.74 Å². The first-order valence-corrected chi connectivity index (χ1v) is 5.75. The summed E-state index contributed by atoms with van der Waals surface area (Å²) in [6, 6.07) is 7.14. The van der Waals surface area contributed by atoms with E-state index in [9.17, 15) is 9.59 Å². The number of esters is 1. The van der Waals surface area contributed by atoms with Gasteiger partial charge in [0.2, 0.25) is 11.5 Å². The highest BCUT2D eigenvalue weighted by Crippen LogP contribution is 2.12. The molecule has 2 heterocycles. The van der Waals surface area contributed by atoms with Gasteiger partial charge in [-0.2, -0.15) is 5.10 Å². The number of nitrogens with one attached hydrogen (secondary N) is 1. The van der Waals surface area contributed by atoms with Crippen molar-refractivity contribution in [2.45, 2.75) is 6.92 Å². The van der Waals surface area contributed by atoms with Crippen molar-refractivity contribution in [3.63, 3.8) is 0 Å². The summed E-state index contributed by atoms with van der Waals surface area (Å²) >= 11 is 0. The molecule has 0 aliphatic rings. The molecule has 3 aromatic rings. The number of H-pyrrole nitrogens is 1. The van der Waals surface area contributed by atoms with Crippen LogP contribution in [-0.2, 0) is 4.74 Å². The molecular weight excluding hydrogens is 248 g/mol.